The summed E-state index contributed by atoms with van der Waals surface area (Å²) in [6.07, 6.45) is 0.530. The molecule has 1 aliphatic heterocycles. The minimum absolute atomic E-state index is 0.0912. The standard InChI is InChI=1S/C12H12ClN3O4/c13-9-5-7(1-2-10(9)16(19)20)12(18)15-4-3-8(6-15)11(14)17/h1-2,5,8H,3-4,6H2,(H2,14,17). The molecule has 1 aromatic rings. The second kappa shape index (κ2) is 5.46. The van der Waals surface area contributed by atoms with Crippen molar-refractivity contribution in [1.29, 1.82) is 0 Å². The van der Waals surface area contributed by atoms with Gasteiger partial charge in [-0.3, -0.25) is 19.7 Å². The molecule has 1 aliphatic rings. The molecule has 106 valence electrons. The number of primary amides is 1. The minimum Gasteiger partial charge on any atom is -0.369 e. The summed E-state index contributed by atoms with van der Waals surface area (Å²) in [7, 11) is 0. The van der Waals surface area contributed by atoms with Crippen LogP contribution in [0.1, 0.15) is 16.8 Å². The van der Waals surface area contributed by atoms with Gasteiger partial charge in [0.15, 0.2) is 0 Å². The molecule has 1 saturated heterocycles. The van der Waals surface area contributed by atoms with Crippen LogP contribution in [-0.2, 0) is 4.79 Å². The summed E-state index contributed by atoms with van der Waals surface area (Å²) < 4.78 is 0. The van der Waals surface area contributed by atoms with Gasteiger partial charge in [-0.1, -0.05) is 11.6 Å². The molecule has 20 heavy (non-hydrogen) atoms. The van der Waals surface area contributed by atoms with Crippen molar-refractivity contribution in [2.24, 2.45) is 11.7 Å². The first-order chi connectivity index (χ1) is 9.40. The maximum absolute atomic E-state index is 12.2. The summed E-state index contributed by atoms with van der Waals surface area (Å²) in [5.74, 6) is -1.08. The fourth-order valence-electron chi connectivity index (χ4n) is 2.15. The SMILES string of the molecule is NC(=O)C1CCN(C(=O)c2ccc([N+](=O)[O-])c(Cl)c2)C1. The van der Waals surface area contributed by atoms with Crippen molar-refractivity contribution in [2.75, 3.05) is 13.1 Å². The van der Waals surface area contributed by atoms with Crippen LogP contribution < -0.4 is 5.73 Å². The number of amides is 2. The molecule has 1 atom stereocenters. The third-order valence-corrected chi connectivity index (χ3v) is 3.57. The summed E-state index contributed by atoms with van der Waals surface area (Å²) >= 11 is 5.77. The highest BCUT2D eigenvalue weighted by atomic mass is 35.5. The fraction of sp³-hybridized carbons (Fsp3) is 0.333. The van der Waals surface area contributed by atoms with E-state index >= 15 is 0 Å². The number of nitro groups is 1. The predicted octanol–water partition coefficient (Wildman–Crippen LogP) is 1.20. The molecule has 0 aromatic heterocycles. The van der Waals surface area contributed by atoms with Crippen LogP contribution in [0.3, 0.4) is 0 Å². The maximum Gasteiger partial charge on any atom is 0.287 e. The first-order valence-corrected chi connectivity index (χ1v) is 6.30. The molecule has 2 rings (SSSR count). The van der Waals surface area contributed by atoms with Gasteiger partial charge in [-0.15, -0.1) is 0 Å². The van der Waals surface area contributed by atoms with E-state index in [1.165, 1.54) is 23.1 Å². The van der Waals surface area contributed by atoms with E-state index in [1.54, 1.807) is 0 Å². The van der Waals surface area contributed by atoms with Gasteiger partial charge in [0, 0.05) is 24.7 Å². The zero-order valence-corrected chi connectivity index (χ0v) is 11.2. The number of hydrogen-bond donors (Lipinski definition) is 1. The van der Waals surface area contributed by atoms with Gasteiger partial charge in [0.1, 0.15) is 5.02 Å². The second-order valence-corrected chi connectivity index (χ2v) is 4.97. The topological polar surface area (TPSA) is 107 Å². The van der Waals surface area contributed by atoms with E-state index in [2.05, 4.69) is 0 Å². The lowest BCUT2D eigenvalue weighted by atomic mass is 10.1. The number of nitrogens with two attached hydrogens (primary N) is 1. The van der Waals surface area contributed by atoms with Gasteiger partial charge in [0.05, 0.1) is 10.8 Å². The Morgan fingerprint density at radius 1 is 1.45 bits per heavy atom. The molecular formula is C12H12ClN3O4. The predicted molar refractivity (Wildman–Crippen MR) is 71.3 cm³/mol. The molecule has 2 N–H and O–H groups in total. The Labute approximate surface area is 119 Å². The van der Waals surface area contributed by atoms with Crippen LogP contribution in [0.15, 0.2) is 18.2 Å². The van der Waals surface area contributed by atoms with Crippen molar-refractivity contribution in [2.45, 2.75) is 6.42 Å². The van der Waals surface area contributed by atoms with Gasteiger partial charge < -0.3 is 10.6 Å². The number of nitro benzene ring substituents is 1. The lowest BCUT2D eigenvalue weighted by Gasteiger charge is -2.16. The number of likely N-dealkylation sites (tertiary alicyclic amines) is 1. The zero-order valence-electron chi connectivity index (χ0n) is 10.4. The quantitative estimate of drug-likeness (QED) is 0.668. The smallest absolute Gasteiger partial charge is 0.287 e. The van der Waals surface area contributed by atoms with Crippen LogP contribution in [0.2, 0.25) is 5.02 Å². The van der Waals surface area contributed by atoms with E-state index in [1.807, 2.05) is 0 Å². The average Bonchev–Trinajstić information content (AvgIpc) is 2.87. The third kappa shape index (κ3) is 2.72. The number of rotatable bonds is 3. The average molecular weight is 298 g/mol. The summed E-state index contributed by atoms with van der Waals surface area (Å²) in [4.78, 5) is 34.8. The van der Waals surface area contributed by atoms with Gasteiger partial charge in [-0.25, -0.2) is 0 Å². The number of nitrogens with zero attached hydrogens (tertiary/aromatic N) is 2. The van der Waals surface area contributed by atoms with Gasteiger partial charge >= 0.3 is 0 Å². The molecular weight excluding hydrogens is 286 g/mol. The highest BCUT2D eigenvalue weighted by molar-refractivity contribution is 6.33. The normalized spacial score (nSPS) is 18.1. The van der Waals surface area contributed by atoms with Crippen LogP contribution >= 0.6 is 11.6 Å². The van der Waals surface area contributed by atoms with Crippen LogP contribution in [0.4, 0.5) is 5.69 Å². The Morgan fingerprint density at radius 3 is 2.65 bits per heavy atom. The molecule has 1 fully saturated rings. The van der Waals surface area contributed by atoms with Crippen molar-refractivity contribution in [3.63, 3.8) is 0 Å². The summed E-state index contributed by atoms with van der Waals surface area (Å²) in [5.41, 5.74) is 5.21. The fourth-order valence-corrected chi connectivity index (χ4v) is 2.40. The van der Waals surface area contributed by atoms with Crippen molar-refractivity contribution in [3.05, 3.63) is 38.9 Å². The lowest BCUT2D eigenvalue weighted by Crippen LogP contribution is -2.31. The van der Waals surface area contributed by atoms with E-state index < -0.39 is 10.8 Å². The second-order valence-electron chi connectivity index (χ2n) is 4.56. The maximum atomic E-state index is 12.2. The number of hydrogen-bond acceptors (Lipinski definition) is 4. The summed E-state index contributed by atoms with van der Waals surface area (Å²) in [5, 5.41) is 10.6. The van der Waals surface area contributed by atoms with Gasteiger partial charge in [-0.05, 0) is 18.6 Å². The van der Waals surface area contributed by atoms with Gasteiger partial charge in [0.2, 0.25) is 5.91 Å². The van der Waals surface area contributed by atoms with Crippen molar-refractivity contribution in [1.82, 2.24) is 4.90 Å². The van der Waals surface area contributed by atoms with Crippen molar-refractivity contribution < 1.29 is 14.5 Å². The molecule has 0 radical (unpaired) electrons. The minimum atomic E-state index is -0.616. The van der Waals surface area contributed by atoms with Gasteiger partial charge in [0.25, 0.3) is 11.6 Å². The molecule has 0 bridgehead atoms. The number of carbonyl (C=O) groups excluding carboxylic acids is 2. The molecule has 7 nitrogen and oxygen atoms in total. The molecule has 0 aliphatic carbocycles. The number of carbonyl (C=O) groups is 2. The Hall–Kier alpha value is -2.15. The first-order valence-electron chi connectivity index (χ1n) is 5.92. The summed E-state index contributed by atoms with van der Waals surface area (Å²) in [6.45, 7) is 0.698. The van der Waals surface area contributed by atoms with Crippen LogP contribution in [-0.4, -0.2) is 34.7 Å². The molecule has 2 amide bonds. The first kappa shape index (κ1) is 14.3. The van der Waals surface area contributed by atoms with Crippen LogP contribution in [0.25, 0.3) is 0 Å². The lowest BCUT2D eigenvalue weighted by molar-refractivity contribution is -0.384. The van der Waals surface area contributed by atoms with E-state index in [0.29, 0.717) is 13.0 Å². The zero-order chi connectivity index (χ0) is 14.9. The molecule has 1 heterocycles. The van der Waals surface area contributed by atoms with E-state index in [0.717, 1.165) is 0 Å². The van der Waals surface area contributed by atoms with Crippen molar-refractivity contribution >= 4 is 29.1 Å². The molecule has 0 spiro atoms. The van der Waals surface area contributed by atoms with E-state index in [-0.39, 0.29) is 34.6 Å². The highest BCUT2D eigenvalue weighted by Gasteiger charge is 2.30. The van der Waals surface area contributed by atoms with Crippen LogP contribution in [0, 0.1) is 16.0 Å². The Kier molecular flexibility index (Phi) is 3.89. The molecule has 1 unspecified atom stereocenters. The molecule has 0 saturated carbocycles. The molecule has 1 aromatic carbocycles. The highest BCUT2D eigenvalue weighted by Crippen LogP contribution is 2.26. The summed E-state index contributed by atoms with van der Waals surface area (Å²) in [6, 6.07) is 3.81. The van der Waals surface area contributed by atoms with Crippen molar-refractivity contribution in [3.8, 4) is 0 Å². The number of halogens is 1. The van der Waals surface area contributed by atoms with Crippen LogP contribution in [0.5, 0.6) is 0 Å². The Bertz CT molecular complexity index is 590. The van der Waals surface area contributed by atoms with E-state index in [9.17, 15) is 19.7 Å². The Balaban J connectivity index is 2.16. The number of benzene rings is 1. The van der Waals surface area contributed by atoms with Gasteiger partial charge in [-0.2, -0.15) is 0 Å². The largest absolute Gasteiger partial charge is 0.369 e. The Morgan fingerprint density at radius 2 is 2.15 bits per heavy atom. The van der Waals surface area contributed by atoms with E-state index in [4.69, 9.17) is 17.3 Å². The monoisotopic (exact) mass is 297 g/mol. The molecule has 8 heteroatoms. The third-order valence-electron chi connectivity index (χ3n) is 3.27.